The van der Waals surface area contributed by atoms with Crippen LogP contribution in [0.25, 0.3) is 0 Å². The highest BCUT2D eigenvalue weighted by atomic mass is 16.7. The molecule has 28 heavy (non-hydrogen) atoms. The molecule has 1 saturated heterocycles. The van der Waals surface area contributed by atoms with Gasteiger partial charge in [-0.05, 0) is 25.2 Å². The number of nitrogens with one attached hydrogen (secondary N) is 1. The van der Waals surface area contributed by atoms with Crippen molar-refractivity contribution >= 4 is 11.7 Å². The van der Waals surface area contributed by atoms with E-state index < -0.39 is 23.9 Å². The molecule has 3 rings (SSSR count). The third-order valence-corrected chi connectivity index (χ3v) is 5.25. The summed E-state index contributed by atoms with van der Waals surface area (Å²) in [5.74, 6) is -1.27. The van der Waals surface area contributed by atoms with E-state index in [1.54, 1.807) is 0 Å². The second-order valence-electron chi connectivity index (χ2n) is 7.94. The second-order valence-corrected chi connectivity index (χ2v) is 7.94. The largest absolute Gasteiger partial charge is 0.442 e. The lowest BCUT2D eigenvalue weighted by atomic mass is 9.88. The van der Waals surface area contributed by atoms with Crippen LogP contribution in [0.4, 0.5) is 0 Å². The van der Waals surface area contributed by atoms with Crippen molar-refractivity contribution in [3.05, 3.63) is 16.4 Å². The van der Waals surface area contributed by atoms with Crippen molar-refractivity contribution in [2.45, 2.75) is 71.2 Å². The van der Waals surface area contributed by atoms with Crippen molar-refractivity contribution in [1.29, 1.82) is 0 Å². The Bertz CT molecular complexity index is 728. The predicted molar refractivity (Wildman–Crippen MR) is 98.7 cm³/mol. The van der Waals surface area contributed by atoms with Crippen LogP contribution in [0.3, 0.4) is 0 Å². The molecule has 1 aromatic rings. The van der Waals surface area contributed by atoms with Gasteiger partial charge in [-0.1, -0.05) is 38.3 Å². The molecule has 1 saturated carbocycles. The van der Waals surface area contributed by atoms with Gasteiger partial charge in [-0.15, -0.1) is 0 Å². The fourth-order valence-electron chi connectivity index (χ4n) is 3.78. The molecular formula is C19H29N3O6. The molecular weight excluding hydrogens is 366 g/mol. The van der Waals surface area contributed by atoms with Crippen LogP contribution >= 0.6 is 0 Å². The van der Waals surface area contributed by atoms with Crippen LogP contribution in [0.1, 0.15) is 63.0 Å². The maximum atomic E-state index is 13.1. The van der Waals surface area contributed by atoms with Crippen LogP contribution in [0.2, 0.25) is 0 Å². The topological polar surface area (TPSA) is 113 Å². The number of hydrogen-bond donors (Lipinski definition) is 1. The van der Waals surface area contributed by atoms with Crippen molar-refractivity contribution in [2.75, 3.05) is 13.2 Å². The molecule has 1 unspecified atom stereocenters. The van der Waals surface area contributed by atoms with E-state index in [4.69, 9.17) is 14.0 Å². The first-order chi connectivity index (χ1) is 13.5. The molecule has 1 aliphatic carbocycles. The number of ether oxygens (including phenoxy) is 2. The van der Waals surface area contributed by atoms with E-state index in [9.17, 15) is 14.4 Å². The van der Waals surface area contributed by atoms with E-state index in [1.807, 2.05) is 13.8 Å². The minimum Gasteiger partial charge on any atom is -0.348 e. The lowest BCUT2D eigenvalue weighted by molar-refractivity contribution is -0.126. The Morgan fingerprint density at radius 3 is 2.50 bits per heavy atom. The summed E-state index contributed by atoms with van der Waals surface area (Å²) in [5, 5.41) is 6.57. The highest BCUT2D eigenvalue weighted by Crippen LogP contribution is 2.24. The monoisotopic (exact) mass is 395 g/mol. The molecule has 2 fully saturated rings. The molecule has 2 aliphatic rings. The maximum Gasteiger partial charge on any atom is 0.442 e. The van der Waals surface area contributed by atoms with Crippen molar-refractivity contribution in [1.82, 2.24) is 15.0 Å². The highest BCUT2D eigenvalue weighted by molar-refractivity contribution is 5.99. The van der Waals surface area contributed by atoms with Gasteiger partial charge in [-0.3, -0.25) is 14.1 Å². The summed E-state index contributed by atoms with van der Waals surface area (Å²) < 4.78 is 16.5. The van der Waals surface area contributed by atoms with Crippen LogP contribution in [0.5, 0.6) is 0 Å². The molecule has 0 spiro atoms. The third-order valence-electron chi connectivity index (χ3n) is 5.25. The van der Waals surface area contributed by atoms with Gasteiger partial charge in [0.25, 0.3) is 0 Å². The summed E-state index contributed by atoms with van der Waals surface area (Å²) in [5.41, 5.74) is 0. The minimum atomic E-state index is -0.754. The Kier molecular flexibility index (Phi) is 7.01. The van der Waals surface area contributed by atoms with Crippen molar-refractivity contribution in [3.8, 4) is 0 Å². The van der Waals surface area contributed by atoms with Gasteiger partial charge in [-0.2, -0.15) is 0 Å². The van der Waals surface area contributed by atoms with Crippen LogP contribution < -0.4 is 11.1 Å². The molecule has 1 N–H and O–H groups in total. The summed E-state index contributed by atoms with van der Waals surface area (Å²) >= 11 is 0. The van der Waals surface area contributed by atoms with E-state index in [0.29, 0.717) is 19.6 Å². The maximum absolute atomic E-state index is 13.1. The van der Waals surface area contributed by atoms with Gasteiger partial charge in [0.05, 0.1) is 25.8 Å². The number of ketones is 1. The first-order valence-electron chi connectivity index (χ1n) is 10.1. The first kappa shape index (κ1) is 20.7. The zero-order valence-corrected chi connectivity index (χ0v) is 16.5. The number of carbonyl (C=O) groups is 2. The Morgan fingerprint density at radius 2 is 1.86 bits per heavy atom. The van der Waals surface area contributed by atoms with Gasteiger partial charge in [0.1, 0.15) is 0 Å². The summed E-state index contributed by atoms with van der Waals surface area (Å²) in [4.78, 5) is 37.8. The Hall–Kier alpha value is -2.00. The lowest BCUT2D eigenvalue weighted by Gasteiger charge is -2.25. The van der Waals surface area contributed by atoms with Gasteiger partial charge in [0.15, 0.2) is 6.29 Å². The first-order valence-corrected chi connectivity index (χ1v) is 10.1. The normalized spacial score (nSPS) is 19.8. The van der Waals surface area contributed by atoms with Gasteiger partial charge >= 0.3 is 5.76 Å². The molecule has 0 bridgehead atoms. The SMILES string of the molecule is CC(C)CC(NC(=O)C1CCCCC1)C(=O)c1noc(=O)n1CC1OCCO1. The zero-order chi connectivity index (χ0) is 20.1. The number of Topliss-reactive ketones (excluding diaryl/α,β-unsaturated/α-hetero) is 1. The molecule has 1 amide bonds. The summed E-state index contributed by atoms with van der Waals surface area (Å²) in [7, 11) is 0. The quantitative estimate of drug-likeness (QED) is 0.664. The number of hydrogen-bond acceptors (Lipinski definition) is 7. The Morgan fingerprint density at radius 1 is 1.18 bits per heavy atom. The van der Waals surface area contributed by atoms with Gasteiger partial charge in [-0.25, -0.2) is 9.36 Å². The average Bonchev–Trinajstić information content (AvgIpc) is 3.32. The minimum absolute atomic E-state index is 0.0222. The third kappa shape index (κ3) is 5.08. The lowest BCUT2D eigenvalue weighted by Crippen LogP contribution is -2.46. The van der Waals surface area contributed by atoms with Crippen molar-refractivity contribution < 1.29 is 23.6 Å². The summed E-state index contributed by atoms with van der Waals surface area (Å²) in [6.45, 7) is 4.84. The van der Waals surface area contributed by atoms with E-state index in [-0.39, 0.29) is 30.1 Å². The number of nitrogens with zero attached hydrogens (tertiary/aromatic N) is 2. The molecule has 0 radical (unpaired) electrons. The smallest absolute Gasteiger partial charge is 0.348 e. The summed E-state index contributed by atoms with van der Waals surface area (Å²) in [6.07, 6.45) is 4.74. The number of carbonyl (C=O) groups excluding carboxylic acids is 2. The fraction of sp³-hybridized carbons (Fsp3) is 0.789. The van der Waals surface area contributed by atoms with E-state index >= 15 is 0 Å². The number of amides is 1. The number of rotatable bonds is 8. The predicted octanol–water partition coefficient (Wildman–Crippen LogP) is 1.50. The average molecular weight is 395 g/mol. The molecule has 156 valence electrons. The molecule has 2 heterocycles. The van der Waals surface area contributed by atoms with Gasteiger partial charge in [0.2, 0.25) is 17.5 Å². The fourth-order valence-corrected chi connectivity index (χ4v) is 3.78. The standard InChI is InChI=1S/C19H29N3O6/c1-12(2)10-14(20-18(24)13-6-4-3-5-7-13)16(23)17-21-28-19(25)22(17)11-15-26-8-9-27-15/h12-15H,3-11H2,1-2H3,(H,20,24). The van der Waals surface area contributed by atoms with Crippen LogP contribution in [0, 0.1) is 11.8 Å². The Balaban J connectivity index is 1.75. The van der Waals surface area contributed by atoms with Crippen molar-refractivity contribution in [3.63, 3.8) is 0 Å². The second kappa shape index (κ2) is 9.47. The summed E-state index contributed by atoms with van der Waals surface area (Å²) in [6, 6.07) is -0.754. The van der Waals surface area contributed by atoms with Crippen LogP contribution in [-0.2, 0) is 20.8 Å². The molecule has 9 nitrogen and oxygen atoms in total. The molecule has 9 heteroatoms. The highest BCUT2D eigenvalue weighted by Gasteiger charge is 2.32. The van der Waals surface area contributed by atoms with E-state index in [2.05, 4.69) is 10.5 Å². The molecule has 1 atom stereocenters. The van der Waals surface area contributed by atoms with Crippen LogP contribution in [0.15, 0.2) is 9.32 Å². The molecule has 0 aromatic carbocycles. The van der Waals surface area contributed by atoms with Crippen molar-refractivity contribution in [2.24, 2.45) is 11.8 Å². The Labute approximate surface area is 163 Å². The van der Waals surface area contributed by atoms with E-state index in [0.717, 1.165) is 36.7 Å². The zero-order valence-electron chi connectivity index (χ0n) is 16.5. The van der Waals surface area contributed by atoms with Gasteiger partial charge in [0, 0.05) is 5.92 Å². The number of aromatic nitrogens is 2. The molecule has 1 aliphatic heterocycles. The molecule has 1 aromatic heterocycles. The van der Waals surface area contributed by atoms with Crippen LogP contribution in [-0.4, -0.2) is 47.0 Å². The van der Waals surface area contributed by atoms with E-state index in [1.165, 1.54) is 0 Å². The van der Waals surface area contributed by atoms with Gasteiger partial charge < -0.3 is 14.8 Å².